The fraction of sp³-hybridized carbons (Fsp3) is 0.250. The van der Waals surface area contributed by atoms with Gasteiger partial charge in [-0.2, -0.15) is 0 Å². The van der Waals surface area contributed by atoms with Gasteiger partial charge >= 0.3 is 0 Å². The van der Waals surface area contributed by atoms with E-state index in [4.69, 9.17) is 15.3 Å². The fourth-order valence-electron chi connectivity index (χ4n) is 4.83. The van der Waals surface area contributed by atoms with E-state index in [0.717, 1.165) is 42.5 Å². The summed E-state index contributed by atoms with van der Waals surface area (Å²) in [5.41, 5.74) is 12.3. The molecule has 0 spiro atoms. The average molecular weight is 567 g/mol. The summed E-state index contributed by atoms with van der Waals surface area (Å²) in [6.07, 6.45) is 5.82. The number of benzene rings is 3. The van der Waals surface area contributed by atoms with E-state index in [1.165, 1.54) is 10.6 Å². The predicted octanol–water partition coefficient (Wildman–Crippen LogP) is 6.94. The number of fused-ring (bicyclic) bond motifs is 1. The van der Waals surface area contributed by atoms with Crippen molar-refractivity contribution in [2.24, 2.45) is 5.11 Å². The minimum Gasteiger partial charge on any atom is -0.508 e. The number of halogens is 1. The summed E-state index contributed by atoms with van der Waals surface area (Å²) in [5, 5.41) is 13.2. The zero-order chi connectivity index (χ0) is 29.3. The van der Waals surface area contributed by atoms with E-state index in [-0.39, 0.29) is 23.5 Å². The third-order valence-electron chi connectivity index (χ3n) is 6.99. The van der Waals surface area contributed by atoms with E-state index < -0.39 is 5.82 Å². The van der Waals surface area contributed by atoms with Crippen LogP contribution >= 0.6 is 0 Å². The number of rotatable bonds is 13. The Morgan fingerprint density at radius 1 is 0.976 bits per heavy atom. The zero-order valence-corrected chi connectivity index (χ0v) is 23.0. The van der Waals surface area contributed by atoms with E-state index in [9.17, 15) is 14.3 Å². The normalized spacial score (nSPS) is 11.0. The number of nitrogens with zero attached hydrogens (tertiary/aromatic N) is 5. The lowest BCUT2D eigenvalue weighted by Gasteiger charge is -2.13. The van der Waals surface area contributed by atoms with Crippen LogP contribution in [-0.2, 0) is 12.8 Å². The maximum atomic E-state index is 14.9. The average Bonchev–Trinajstić information content (AvgIpc) is 3.31. The van der Waals surface area contributed by atoms with Gasteiger partial charge in [0.2, 0.25) is 0 Å². The number of azide groups is 1. The number of aromatic hydroxyl groups is 1. The highest BCUT2D eigenvalue weighted by Gasteiger charge is 2.21. The Labute approximate surface area is 242 Å². The van der Waals surface area contributed by atoms with Crippen molar-refractivity contribution in [3.8, 4) is 28.6 Å². The molecule has 0 bridgehead atoms. The Bertz CT molecular complexity index is 1710. The summed E-state index contributed by atoms with van der Waals surface area (Å²) < 4.78 is 22.0. The molecule has 2 N–H and O–H groups in total. The van der Waals surface area contributed by atoms with Gasteiger partial charge in [0.1, 0.15) is 11.4 Å². The predicted molar refractivity (Wildman–Crippen MR) is 159 cm³/mol. The van der Waals surface area contributed by atoms with Crippen molar-refractivity contribution in [3.05, 3.63) is 128 Å². The Morgan fingerprint density at radius 2 is 1.76 bits per heavy atom. The molecule has 214 valence electrons. The second kappa shape index (κ2) is 13.5. The molecule has 0 fully saturated rings. The van der Waals surface area contributed by atoms with Crippen LogP contribution in [0.5, 0.6) is 11.5 Å². The van der Waals surface area contributed by atoms with E-state index in [1.54, 1.807) is 42.6 Å². The SMILES string of the molecule is [N-]=[N+]=NCCCCCCOc1ccc(Cc2nc3c(Cc4ccccc4)[nH]c(-c4ccc(O)cc4)cn-3c2=O)cc1F. The lowest BCUT2D eigenvalue weighted by atomic mass is 10.1. The van der Waals surface area contributed by atoms with E-state index >= 15 is 0 Å². The van der Waals surface area contributed by atoms with Gasteiger partial charge in [-0.3, -0.25) is 9.36 Å². The summed E-state index contributed by atoms with van der Waals surface area (Å²) in [6, 6.07) is 21.4. The summed E-state index contributed by atoms with van der Waals surface area (Å²) in [6.45, 7) is 0.871. The van der Waals surface area contributed by atoms with Gasteiger partial charge in [0, 0.05) is 30.5 Å². The van der Waals surface area contributed by atoms with Gasteiger partial charge in [-0.15, -0.1) is 0 Å². The molecule has 0 radical (unpaired) electrons. The maximum absolute atomic E-state index is 14.9. The molecule has 3 aromatic carbocycles. The summed E-state index contributed by atoms with van der Waals surface area (Å²) >= 11 is 0. The molecule has 5 rings (SSSR count). The van der Waals surface area contributed by atoms with Crippen molar-refractivity contribution in [2.75, 3.05) is 13.2 Å². The van der Waals surface area contributed by atoms with Crippen molar-refractivity contribution in [2.45, 2.75) is 38.5 Å². The first-order chi connectivity index (χ1) is 20.5. The Morgan fingerprint density at radius 3 is 2.52 bits per heavy atom. The number of unbranched alkanes of at least 4 members (excludes halogenated alkanes) is 3. The number of nitrogens with one attached hydrogen (secondary N) is 1. The van der Waals surface area contributed by atoms with Crippen molar-refractivity contribution in [1.29, 1.82) is 0 Å². The Kier molecular flexibility index (Phi) is 9.16. The van der Waals surface area contributed by atoms with Gasteiger partial charge < -0.3 is 14.8 Å². The van der Waals surface area contributed by atoms with E-state index in [1.807, 2.05) is 30.3 Å². The molecule has 0 aliphatic carbocycles. The highest BCUT2D eigenvalue weighted by molar-refractivity contribution is 5.61. The van der Waals surface area contributed by atoms with Gasteiger partial charge in [0.05, 0.1) is 18.0 Å². The quantitative estimate of drug-likeness (QED) is 0.0692. The minimum atomic E-state index is -0.486. The van der Waals surface area contributed by atoms with Crippen molar-refractivity contribution >= 4 is 0 Å². The molecule has 2 aliphatic rings. The Balaban J connectivity index is 1.35. The number of aromatic amines is 1. The van der Waals surface area contributed by atoms with Gasteiger partial charge in [0.25, 0.3) is 5.56 Å². The van der Waals surface area contributed by atoms with Crippen LogP contribution in [0.3, 0.4) is 0 Å². The maximum Gasteiger partial charge on any atom is 0.278 e. The van der Waals surface area contributed by atoms with E-state index in [0.29, 0.717) is 42.3 Å². The van der Waals surface area contributed by atoms with Gasteiger partial charge in [0.15, 0.2) is 17.4 Å². The smallest absolute Gasteiger partial charge is 0.278 e. The highest BCUT2D eigenvalue weighted by atomic mass is 19.1. The standard InChI is InChI=1S/C32H31FN6O3/c33-26-18-23(10-15-30(26)42-17-7-2-1-6-16-35-38-34)20-28-32(41)39-21-29(24-11-13-25(40)14-12-24)36-27(31(39)37-28)19-22-8-4-3-5-9-22/h3-5,8-15,18,21,36,40H,1-2,6-7,16-17,19-20H2. The van der Waals surface area contributed by atoms with Crippen molar-refractivity contribution in [1.82, 2.24) is 14.5 Å². The van der Waals surface area contributed by atoms with Gasteiger partial charge in [-0.25, -0.2) is 9.37 Å². The molecule has 0 saturated carbocycles. The van der Waals surface area contributed by atoms with Crippen LogP contribution in [0.1, 0.15) is 48.2 Å². The molecule has 2 aliphatic heterocycles. The second-order valence-corrected chi connectivity index (χ2v) is 10.1. The fourth-order valence-corrected chi connectivity index (χ4v) is 4.83. The molecule has 2 heterocycles. The minimum absolute atomic E-state index is 0.154. The molecule has 42 heavy (non-hydrogen) atoms. The molecule has 0 saturated heterocycles. The Hall–Kier alpha value is -5.08. The van der Waals surface area contributed by atoms with Crippen LogP contribution in [0.15, 0.2) is 88.9 Å². The molecule has 10 heteroatoms. The zero-order valence-electron chi connectivity index (χ0n) is 23.0. The first-order valence-corrected chi connectivity index (χ1v) is 13.9. The van der Waals surface area contributed by atoms with Crippen molar-refractivity contribution < 1.29 is 14.2 Å². The summed E-state index contributed by atoms with van der Waals surface area (Å²) in [7, 11) is 0. The highest BCUT2D eigenvalue weighted by Crippen LogP contribution is 2.26. The number of phenolic OH excluding ortho intramolecular Hbond substituents is 1. The number of aromatic nitrogens is 3. The van der Waals surface area contributed by atoms with Crippen LogP contribution in [0.4, 0.5) is 4.39 Å². The number of hydrogen-bond acceptors (Lipinski definition) is 5. The lowest BCUT2D eigenvalue weighted by Crippen LogP contribution is -2.18. The molecule has 0 atom stereocenters. The van der Waals surface area contributed by atoms with Crippen LogP contribution in [-0.4, -0.2) is 32.8 Å². The topological polar surface area (TPSA) is 129 Å². The molecule has 0 aromatic heterocycles. The first kappa shape index (κ1) is 28.4. The molecule has 0 unspecified atom stereocenters. The lowest BCUT2D eigenvalue weighted by molar-refractivity contribution is 0.290. The number of H-pyrrole nitrogens is 1. The molecular weight excluding hydrogens is 535 g/mol. The number of ether oxygens (including phenoxy) is 1. The number of imidazole rings is 1. The molecule has 0 amide bonds. The summed E-state index contributed by atoms with van der Waals surface area (Å²) in [4.78, 5) is 24.4. The third kappa shape index (κ3) is 6.97. The van der Waals surface area contributed by atoms with Crippen molar-refractivity contribution in [3.63, 3.8) is 0 Å². The van der Waals surface area contributed by atoms with Crippen LogP contribution in [0.2, 0.25) is 0 Å². The number of hydrogen-bond donors (Lipinski definition) is 2. The molecule has 3 aromatic rings. The molecular formula is C32H31FN6O3. The first-order valence-electron chi connectivity index (χ1n) is 13.9. The largest absolute Gasteiger partial charge is 0.508 e. The van der Waals surface area contributed by atoms with Crippen LogP contribution in [0, 0.1) is 5.82 Å². The van der Waals surface area contributed by atoms with Crippen LogP contribution < -0.4 is 10.3 Å². The second-order valence-electron chi connectivity index (χ2n) is 10.1. The molecule has 9 nitrogen and oxygen atoms in total. The van der Waals surface area contributed by atoms with Crippen LogP contribution in [0.25, 0.3) is 27.5 Å². The van der Waals surface area contributed by atoms with Gasteiger partial charge in [-0.05, 0) is 71.5 Å². The van der Waals surface area contributed by atoms with Gasteiger partial charge in [-0.1, -0.05) is 54.4 Å². The van der Waals surface area contributed by atoms with E-state index in [2.05, 4.69) is 15.0 Å². The monoisotopic (exact) mass is 566 g/mol. The summed E-state index contributed by atoms with van der Waals surface area (Å²) in [5.74, 6) is 0.353. The third-order valence-corrected chi connectivity index (χ3v) is 6.99. The number of phenols is 1.